The Labute approximate surface area is 79.7 Å². The Morgan fingerprint density at radius 2 is 2.50 bits per heavy atom. The second kappa shape index (κ2) is 5.84. The van der Waals surface area contributed by atoms with Gasteiger partial charge in [0.15, 0.2) is 0 Å². The molecule has 1 aliphatic rings. The highest BCUT2D eigenvalue weighted by Crippen LogP contribution is 2.12. The van der Waals surface area contributed by atoms with Gasteiger partial charge < -0.3 is 11.1 Å². The number of hydrogen-bond donors (Lipinski definition) is 2. The van der Waals surface area contributed by atoms with E-state index in [-0.39, 0.29) is 0 Å². The minimum absolute atomic E-state index is 0.369. The second-order valence-electron chi connectivity index (χ2n) is 3.63. The van der Waals surface area contributed by atoms with Crippen LogP contribution in [0, 0.1) is 0 Å². The molecule has 1 aliphatic heterocycles. The van der Waals surface area contributed by atoms with Crippen molar-refractivity contribution in [1.29, 1.82) is 0 Å². The van der Waals surface area contributed by atoms with E-state index in [0.29, 0.717) is 6.04 Å². The zero-order chi connectivity index (χ0) is 8.81. The van der Waals surface area contributed by atoms with Crippen LogP contribution in [0.2, 0.25) is 0 Å². The lowest BCUT2D eigenvalue weighted by atomic mass is 10.3. The van der Waals surface area contributed by atoms with Crippen molar-refractivity contribution >= 4 is 11.8 Å². The fraction of sp³-hybridized carbons (Fsp3) is 1.00. The first-order valence-electron chi connectivity index (χ1n) is 4.86. The zero-order valence-electron chi connectivity index (χ0n) is 7.88. The third-order valence-corrected chi connectivity index (χ3v) is 3.36. The summed E-state index contributed by atoms with van der Waals surface area (Å²) < 4.78 is 0. The lowest BCUT2D eigenvalue weighted by Crippen LogP contribution is -2.24. The van der Waals surface area contributed by atoms with Gasteiger partial charge in [0.2, 0.25) is 0 Å². The molecule has 3 N–H and O–H groups in total. The van der Waals surface area contributed by atoms with E-state index >= 15 is 0 Å². The second-order valence-corrected chi connectivity index (χ2v) is 4.78. The van der Waals surface area contributed by atoms with Gasteiger partial charge in [0.05, 0.1) is 0 Å². The van der Waals surface area contributed by atoms with Gasteiger partial charge in [-0.2, -0.15) is 11.8 Å². The molecule has 2 nitrogen and oxygen atoms in total. The summed E-state index contributed by atoms with van der Waals surface area (Å²) in [6, 6.07) is 1.15. The molecule has 2 atom stereocenters. The van der Waals surface area contributed by atoms with Gasteiger partial charge >= 0.3 is 0 Å². The van der Waals surface area contributed by atoms with Crippen LogP contribution in [0.15, 0.2) is 0 Å². The molecule has 1 fully saturated rings. The minimum Gasteiger partial charge on any atom is -0.328 e. The molecule has 1 heterocycles. The van der Waals surface area contributed by atoms with Crippen LogP contribution >= 0.6 is 11.8 Å². The predicted molar refractivity (Wildman–Crippen MR) is 56.6 cm³/mol. The minimum atomic E-state index is 0.369. The Bertz CT molecular complexity index is 111. The quantitative estimate of drug-likeness (QED) is 0.637. The van der Waals surface area contributed by atoms with E-state index in [0.717, 1.165) is 12.5 Å². The number of nitrogens with two attached hydrogens (primary N) is 1. The first kappa shape index (κ1) is 10.4. The Morgan fingerprint density at radius 3 is 3.08 bits per heavy atom. The largest absolute Gasteiger partial charge is 0.328 e. The number of rotatable bonds is 5. The number of nitrogens with one attached hydrogen (secondary N) is 1. The maximum absolute atomic E-state index is 5.66. The summed E-state index contributed by atoms with van der Waals surface area (Å²) in [6.45, 7) is 3.30. The smallest absolute Gasteiger partial charge is 0.0158 e. The molecule has 1 saturated heterocycles. The first-order valence-corrected chi connectivity index (χ1v) is 6.01. The molecule has 0 radical (unpaired) electrons. The monoisotopic (exact) mass is 188 g/mol. The summed E-state index contributed by atoms with van der Waals surface area (Å²) in [5.41, 5.74) is 5.66. The van der Waals surface area contributed by atoms with E-state index in [1.54, 1.807) is 0 Å². The Kier molecular flexibility index (Phi) is 5.04. The van der Waals surface area contributed by atoms with E-state index < -0.39 is 0 Å². The van der Waals surface area contributed by atoms with Crippen molar-refractivity contribution in [2.45, 2.75) is 38.3 Å². The molecular formula is C9H20N2S. The average Bonchev–Trinajstić information content (AvgIpc) is 2.49. The van der Waals surface area contributed by atoms with Crippen LogP contribution in [0.5, 0.6) is 0 Å². The zero-order valence-corrected chi connectivity index (χ0v) is 8.70. The third kappa shape index (κ3) is 4.33. The van der Waals surface area contributed by atoms with E-state index in [1.807, 2.05) is 11.8 Å². The molecule has 0 spiro atoms. The SMILES string of the molecule is CC(N)CCSC[C@@H]1CCCN1. The molecule has 72 valence electrons. The van der Waals surface area contributed by atoms with Crippen molar-refractivity contribution in [3.8, 4) is 0 Å². The topological polar surface area (TPSA) is 38.0 Å². The Morgan fingerprint density at radius 1 is 1.67 bits per heavy atom. The summed E-state index contributed by atoms with van der Waals surface area (Å²) >= 11 is 2.04. The molecule has 0 aliphatic carbocycles. The van der Waals surface area contributed by atoms with Gasteiger partial charge in [0, 0.05) is 17.8 Å². The fourth-order valence-corrected chi connectivity index (χ4v) is 2.67. The molecule has 0 saturated carbocycles. The molecule has 0 aromatic rings. The highest BCUT2D eigenvalue weighted by atomic mass is 32.2. The highest BCUT2D eigenvalue weighted by molar-refractivity contribution is 7.99. The molecule has 12 heavy (non-hydrogen) atoms. The summed E-state index contributed by atoms with van der Waals surface area (Å²) in [5.74, 6) is 2.49. The van der Waals surface area contributed by atoms with Gasteiger partial charge in [-0.05, 0) is 38.5 Å². The van der Waals surface area contributed by atoms with Crippen molar-refractivity contribution in [2.24, 2.45) is 5.73 Å². The van der Waals surface area contributed by atoms with Gasteiger partial charge in [-0.15, -0.1) is 0 Å². The van der Waals surface area contributed by atoms with Crippen LogP contribution in [-0.2, 0) is 0 Å². The van der Waals surface area contributed by atoms with Crippen molar-refractivity contribution in [3.63, 3.8) is 0 Å². The van der Waals surface area contributed by atoms with Gasteiger partial charge in [-0.1, -0.05) is 0 Å². The molecular weight excluding hydrogens is 168 g/mol. The molecule has 0 aromatic heterocycles. The molecule has 3 heteroatoms. The van der Waals surface area contributed by atoms with Gasteiger partial charge in [0.25, 0.3) is 0 Å². The number of hydrogen-bond acceptors (Lipinski definition) is 3. The van der Waals surface area contributed by atoms with Crippen LogP contribution in [-0.4, -0.2) is 30.1 Å². The van der Waals surface area contributed by atoms with Crippen LogP contribution in [0.3, 0.4) is 0 Å². The summed E-state index contributed by atoms with van der Waals surface area (Å²) in [7, 11) is 0. The van der Waals surface area contributed by atoms with Crippen molar-refractivity contribution in [3.05, 3.63) is 0 Å². The molecule has 0 amide bonds. The summed E-state index contributed by atoms with van der Waals surface area (Å²) in [4.78, 5) is 0. The predicted octanol–water partition coefficient (Wildman–Crippen LogP) is 1.21. The van der Waals surface area contributed by atoms with Crippen molar-refractivity contribution < 1.29 is 0 Å². The molecule has 0 aromatic carbocycles. The summed E-state index contributed by atoms with van der Waals surface area (Å²) in [6.07, 6.45) is 3.88. The van der Waals surface area contributed by atoms with Crippen LogP contribution in [0.25, 0.3) is 0 Å². The van der Waals surface area contributed by atoms with E-state index in [9.17, 15) is 0 Å². The normalized spacial score (nSPS) is 26.0. The van der Waals surface area contributed by atoms with Crippen LogP contribution in [0.4, 0.5) is 0 Å². The maximum Gasteiger partial charge on any atom is 0.0158 e. The van der Waals surface area contributed by atoms with E-state index in [4.69, 9.17) is 5.73 Å². The van der Waals surface area contributed by atoms with Gasteiger partial charge in [-0.25, -0.2) is 0 Å². The molecule has 1 unspecified atom stereocenters. The maximum atomic E-state index is 5.66. The molecule has 1 rings (SSSR count). The average molecular weight is 188 g/mol. The van der Waals surface area contributed by atoms with Crippen molar-refractivity contribution in [2.75, 3.05) is 18.1 Å². The lowest BCUT2D eigenvalue weighted by Gasteiger charge is -2.09. The number of thioether (sulfide) groups is 1. The lowest BCUT2D eigenvalue weighted by molar-refractivity contribution is 0.671. The highest BCUT2D eigenvalue weighted by Gasteiger charge is 2.12. The summed E-state index contributed by atoms with van der Waals surface area (Å²) in [5, 5.41) is 3.49. The first-order chi connectivity index (χ1) is 5.79. The molecule has 0 bridgehead atoms. The third-order valence-electron chi connectivity index (χ3n) is 2.20. The van der Waals surface area contributed by atoms with E-state index in [1.165, 1.54) is 30.9 Å². The van der Waals surface area contributed by atoms with Crippen LogP contribution < -0.4 is 11.1 Å². The van der Waals surface area contributed by atoms with Crippen molar-refractivity contribution in [1.82, 2.24) is 5.32 Å². The van der Waals surface area contributed by atoms with E-state index in [2.05, 4.69) is 12.2 Å². The standard InChI is InChI=1S/C9H20N2S/c1-8(10)4-6-12-7-9-3-2-5-11-9/h8-9,11H,2-7,10H2,1H3/t8?,9-/m0/s1. The Hall–Kier alpha value is 0.270. The van der Waals surface area contributed by atoms with Gasteiger partial charge in [-0.3, -0.25) is 0 Å². The fourth-order valence-electron chi connectivity index (χ4n) is 1.39. The Balaban J connectivity index is 1.88. The van der Waals surface area contributed by atoms with Gasteiger partial charge in [0.1, 0.15) is 0 Å². The van der Waals surface area contributed by atoms with Crippen LogP contribution in [0.1, 0.15) is 26.2 Å².